The Morgan fingerprint density at radius 2 is 1.92 bits per heavy atom. The average molecular weight is 362 g/mol. The number of hydrogen-bond acceptors (Lipinski definition) is 5. The summed E-state index contributed by atoms with van der Waals surface area (Å²) in [5.74, 6) is 0.963. The molecule has 0 radical (unpaired) electrons. The van der Waals surface area contributed by atoms with E-state index in [9.17, 15) is 9.59 Å². The third-order valence-corrected chi connectivity index (χ3v) is 3.98. The zero-order valence-corrected chi connectivity index (χ0v) is 16.0. The number of nitrogens with zero attached hydrogens (tertiary/aromatic N) is 2. The van der Waals surface area contributed by atoms with Crippen LogP contribution in [-0.4, -0.2) is 42.2 Å². The van der Waals surface area contributed by atoms with Crippen LogP contribution in [0.5, 0.6) is 0 Å². The minimum Gasteiger partial charge on any atom is -0.444 e. The van der Waals surface area contributed by atoms with Gasteiger partial charge in [0.25, 0.3) is 0 Å². The summed E-state index contributed by atoms with van der Waals surface area (Å²) in [6.07, 6.45) is 4.73. The average Bonchev–Trinajstić information content (AvgIpc) is 3.10. The molecule has 1 aromatic rings. The van der Waals surface area contributed by atoms with Crippen molar-refractivity contribution < 1.29 is 14.3 Å². The van der Waals surface area contributed by atoms with Crippen molar-refractivity contribution in [3.05, 3.63) is 23.9 Å². The van der Waals surface area contributed by atoms with Crippen LogP contribution in [0.2, 0.25) is 0 Å². The van der Waals surface area contributed by atoms with E-state index in [-0.39, 0.29) is 5.91 Å². The minimum atomic E-state index is -0.514. The van der Waals surface area contributed by atoms with Crippen LogP contribution in [0.15, 0.2) is 18.3 Å². The Kier molecular flexibility index (Phi) is 7.24. The summed E-state index contributed by atoms with van der Waals surface area (Å²) in [6, 6.07) is 4.02. The van der Waals surface area contributed by atoms with Gasteiger partial charge in [-0.3, -0.25) is 4.79 Å². The second-order valence-corrected chi connectivity index (χ2v) is 7.53. The number of carbonyl (C=O) groups is 2. The molecule has 144 valence electrons. The van der Waals surface area contributed by atoms with Gasteiger partial charge in [0.1, 0.15) is 11.4 Å². The monoisotopic (exact) mass is 362 g/mol. The number of ether oxygens (including phenoxy) is 1. The van der Waals surface area contributed by atoms with Crippen LogP contribution in [0.3, 0.4) is 0 Å². The summed E-state index contributed by atoms with van der Waals surface area (Å²) >= 11 is 0. The van der Waals surface area contributed by atoms with Crippen LogP contribution in [0.1, 0.15) is 52.0 Å². The quantitative estimate of drug-likeness (QED) is 0.729. The van der Waals surface area contributed by atoms with E-state index in [0.29, 0.717) is 25.9 Å². The highest BCUT2D eigenvalue weighted by molar-refractivity contribution is 5.76. The van der Waals surface area contributed by atoms with Crippen LogP contribution in [0, 0.1) is 0 Å². The molecule has 0 atom stereocenters. The Morgan fingerprint density at radius 1 is 1.19 bits per heavy atom. The van der Waals surface area contributed by atoms with Gasteiger partial charge in [-0.1, -0.05) is 6.07 Å². The predicted molar refractivity (Wildman–Crippen MR) is 101 cm³/mol. The highest BCUT2D eigenvalue weighted by Crippen LogP contribution is 2.17. The van der Waals surface area contributed by atoms with Gasteiger partial charge in [-0.2, -0.15) is 0 Å². The van der Waals surface area contributed by atoms with Crippen molar-refractivity contribution in [2.75, 3.05) is 24.5 Å². The van der Waals surface area contributed by atoms with E-state index in [1.165, 1.54) is 12.8 Å². The van der Waals surface area contributed by atoms with E-state index in [1.54, 1.807) is 0 Å². The third-order valence-electron chi connectivity index (χ3n) is 3.98. The van der Waals surface area contributed by atoms with Crippen molar-refractivity contribution >= 4 is 17.8 Å². The normalized spacial score (nSPS) is 14.2. The van der Waals surface area contributed by atoms with Gasteiger partial charge >= 0.3 is 6.09 Å². The lowest BCUT2D eigenvalue weighted by atomic mass is 10.2. The van der Waals surface area contributed by atoms with Gasteiger partial charge in [0.2, 0.25) is 5.91 Å². The maximum Gasteiger partial charge on any atom is 0.407 e. The smallest absolute Gasteiger partial charge is 0.407 e. The molecule has 2 heterocycles. The van der Waals surface area contributed by atoms with Gasteiger partial charge < -0.3 is 20.3 Å². The minimum absolute atomic E-state index is 0.0420. The lowest BCUT2D eigenvalue weighted by molar-refractivity contribution is -0.121. The zero-order chi connectivity index (χ0) is 19.0. The second kappa shape index (κ2) is 9.40. The first kappa shape index (κ1) is 20.0. The molecule has 1 fully saturated rings. The fourth-order valence-corrected chi connectivity index (χ4v) is 2.70. The van der Waals surface area contributed by atoms with Crippen LogP contribution < -0.4 is 15.5 Å². The maximum atomic E-state index is 11.9. The number of alkyl carbamates (subject to hydrolysis) is 1. The maximum absolute atomic E-state index is 11.9. The summed E-state index contributed by atoms with van der Waals surface area (Å²) in [5.41, 5.74) is 0.466. The summed E-state index contributed by atoms with van der Waals surface area (Å²) in [5, 5.41) is 5.52. The van der Waals surface area contributed by atoms with E-state index in [4.69, 9.17) is 4.74 Å². The van der Waals surface area contributed by atoms with Gasteiger partial charge in [-0.05, 0) is 51.7 Å². The summed E-state index contributed by atoms with van der Waals surface area (Å²) < 4.78 is 5.14. The van der Waals surface area contributed by atoms with Crippen molar-refractivity contribution in [3.8, 4) is 0 Å². The molecule has 1 aliphatic rings. The summed E-state index contributed by atoms with van der Waals surface area (Å²) in [6.45, 7) is 8.45. The fraction of sp³-hybridized carbons (Fsp3) is 0.632. The SMILES string of the molecule is CC(C)(C)OC(=O)NCCCC(=O)NCc1ccc(N2CCCC2)nc1. The molecule has 0 aromatic carbocycles. The topological polar surface area (TPSA) is 83.6 Å². The Bertz CT molecular complexity index is 590. The molecular weight excluding hydrogens is 332 g/mol. The Balaban J connectivity index is 1.60. The molecular formula is C19H30N4O3. The number of nitrogens with one attached hydrogen (secondary N) is 2. The summed E-state index contributed by atoms with van der Waals surface area (Å²) in [4.78, 5) is 30.1. The highest BCUT2D eigenvalue weighted by atomic mass is 16.6. The molecule has 7 nitrogen and oxygen atoms in total. The lowest BCUT2D eigenvalue weighted by Crippen LogP contribution is -2.33. The van der Waals surface area contributed by atoms with Crippen molar-refractivity contribution in [2.24, 2.45) is 0 Å². The third kappa shape index (κ3) is 7.29. The van der Waals surface area contributed by atoms with Crippen molar-refractivity contribution in [3.63, 3.8) is 0 Å². The molecule has 0 spiro atoms. The molecule has 0 saturated carbocycles. The Labute approximate surface area is 155 Å². The van der Waals surface area contributed by atoms with E-state index < -0.39 is 11.7 Å². The van der Waals surface area contributed by atoms with E-state index in [0.717, 1.165) is 24.5 Å². The highest BCUT2D eigenvalue weighted by Gasteiger charge is 2.15. The van der Waals surface area contributed by atoms with Gasteiger partial charge in [0, 0.05) is 38.8 Å². The lowest BCUT2D eigenvalue weighted by Gasteiger charge is -2.19. The van der Waals surface area contributed by atoms with Crippen molar-refractivity contribution in [1.29, 1.82) is 0 Å². The van der Waals surface area contributed by atoms with Crippen LogP contribution in [-0.2, 0) is 16.1 Å². The van der Waals surface area contributed by atoms with Gasteiger partial charge in [0.15, 0.2) is 0 Å². The summed E-state index contributed by atoms with van der Waals surface area (Å²) in [7, 11) is 0. The van der Waals surface area contributed by atoms with Crippen LogP contribution >= 0.6 is 0 Å². The molecule has 1 aliphatic heterocycles. The standard InChI is InChI=1S/C19H30N4O3/c1-19(2,3)26-18(25)20-10-6-7-17(24)22-14-15-8-9-16(21-13-15)23-11-4-5-12-23/h8-9,13H,4-7,10-12,14H2,1-3H3,(H,20,25)(H,22,24). The Morgan fingerprint density at radius 3 is 2.54 bits per heavy atom. The van der Waals surface area contributed by atoms with Crippen LogP contribution in [0.25, 0.3) is 0 Å². The molecule has 0 unspecified atom stereocenters. The molecule has 1 aromatic heterocycles. The number of rotatable bonds is 7. The molecule has 1 saturated heterocycles. The van der Waals surface area contributed by atoms with Crippen molar-refractivity contribution in [2.45, 2.75) is 58.6 Å². The number of amides is 2. The molecule has 0 aliphatic carbocycles. The number of hydrogen-bond donors (Lipinski definition) is 2. The van der Waals surface area contributed by atoms with E-state index >= 15 is 0 Å². The number of aromatic nitrogens is 1. The molecule has 2 rings (SSSR count). The van der Waals surface area contributed by atoms with Gasteiger partial charge in [-0.15, -0.1) is 0 Å². The molecule has 2 N–H and O–H groups in total. The molecule has 7 heteroatoms. The second-order valence-electron chi connectivity index (χ2n) is 7.53. The first-order valence-electron chi connectivity index (χ1n) is 9.27. The first-order valence-corrected chi connectivity index (χ1v) is 9.27. The largest absolute Gasteiger partial charge is 0.444 e. The van der Waals surface area contributed by atoms with Crippen LogP contribution in [0.4, 0.5) is 10.6 Å². The molecule has 2 amide bonds. The van der Waals surface area contributed by atoms with Crippen molar-refractivity contribution in [1.82, 2.24) is 15.6 Å². The molecule has 0 bridgehead atoms. The van der Waals surface area contributed by atoms with Gasteiger partial charge in [-0.25, -0.2) is 9.78 Å². The zero-order valence-electron chi connectivity index (χ0n) is 16.0. The van der Waals surface area contributed by atoms with Gasteiger partial charge in [0.05, 0.1) is 0 Å². The number of carbonyl (C=O) groups excluding carboxylic acids is 2. The van der Waals surface area contributed by atoms with E-state index in [1.807, 2.05) is 39.1 Å². The number of anilines is 1. The fourth-order valence-electron chi connectivity index (χ4n) is 2.70. The Hall–Kier alpha value is -2.31. The molecule has 26 heavy (non-hydrogen) atoms. The number of pyridine rings is 1. The van der Waals surface area contributed by atoms with E-state index in [2.05, 4.69) is 20.5 Å². The first-order chi connectivity index (χ1) is 12.3. The predicted octanol–water partition coefficient (Wildman–Crippen LogP) is 2.60.